The molecule has 5 rings (SSSR count). The van der Waals surface area contributed by atoms with Gasteiger partial charge in [-0.2, -0.15) is 5.10 Å². The molecule has 10 nitrogen and oxygen atoms in total. The molecule has 3 heterocycles. The van der Waals surface area contributed by atoms with E-state index in [1.807, 2.05) is 0 Å². The van der Waals surface area contributed by atoms with Gasteiger partial charge in [-0.05, 0) is 35.4 Å². The van der Waals surface area contributed by atoms with Crippen LogP contribution in [0.15, 0.2) is 70.0 Å². The molecule has 0 unspecified atom stereocenters. The van der Waals surface area contributed by atoms with Crippen LogP contribution in [-0.2, 0) is 20.1 Å². The molecule has 3 aromatic heterocycles. The lowest BCUT2D eigenvalue weighted by Gasteiger charge is -2.10. The molecule has 2 aromatic carbocycles. The second-order valence-corrected chi connectivity index (χ2v) is 7.85. The summed E-state index contributed by atoms with van der Waals surface area (Å²) >= 11 is 0. The summed E-state index contributed by atoms with van der Waals surface area (Å²) in [6.45, 7) is 0.344. The van der Waals surface area contributed by atoms with Crippen molar-refractivity contribution in [2.75, 3.05) is 0 Å². The van der Waals surface area contributed by atoms with Gasteiger partial charge in [0.05, 0.1) is 11.7 Å². The summed E-state index contributed by atoms with van der Waals surface area (Å²) in [7, 11) is 1.60. The molecule has 2 N–H and O–H groups in total. The summed E-state index contributed by atoms with van der Waals surface area (Å²) < 4.78 is 20.9. The highest BCUT2D eigenvalue weighted by Crippen LogP contribution is 2.15. The van der Waals surface area contributed by atoms with Crippen molar-refractivity contribution in [3.05, 3.63) is 99.7 Å². The van der Waals surface area contributed by atoms with Gasteiger partial charge in [0.25, 0.3) is 11.8 Å². The Labute approximate surface area is 197 Å². The van der Waals surface area contributed by atoms with E-state index in [1.54, 1.807) is 43.4 Å². The number of benzene rings is 2. The van der Waals surface area contributed by atoms with Gasteiger partial charge in [-0.3, -0.25) is 14.2 Å². The molecule has 0 bridgehead atoms. The van der Waals surface area contributed by atoms with Crippen LogP contribution in [0.25, 0.3) is 16.7 Å². The van der Waals surface area contributed by atoms with Gasteiger partial charge in [-0.25, -0.2) is 18.7 Å². The molecule has 0 aliphatic carbocycles. The van der Waals surface area contributed by atoms with E-state index >= 15 is 0 Å². The van der Waals surface area contributed by atoms with Crippen LogP contribution in [-0.4, -0.2) is 31.0 Å². The lowest BCUT2D eigenvalue weighted by molar-refractivity contribution is 0.0942. The third-order valence-corrected chi connectivity index (χ3v) is 5.50. The van der Waals surface area contributed by atoms with Crippen molar-refractivity contribution in [3.63, 3.8) is 0 Å². The second-order valence-electron chi connectivity index (χ2n) is 7.85. The predicted octanol–water partition coefficient (Wildman–Crippen LogP) is 2.17. The van der Waals surface area contributed by atoms with Crippen LogP contribution in [0, 0.1) is 5.82 Å². The number of carbonyl (C=O) groups excluding carboxylic acids is 2. The number of rotatable bonds is 6. The highest BCUT2D eigenvalue weighted by atomic mass is 19.1. The zero-order valence-electron chi connectivity index (χ0n) is 18.5. The predicted molar refractivity (Wildman–Crippen MR) is 123 cm³/mol. The molecule has 5 aromatic rings. The van der Waals surface area contributed by atoms with E-state index in [4.69, 9.17) is 4.42 Å². The van der Waals surface area contributed by atoms with Crippen LogP contribution in [0.3, 0.4) is 0 Å². The Kier molecular flexibility index (Phi) is 5.57. The SMILES string of the molecule is Cn1c(=O)oc2ccc(CNC(=O)c3cc(C(=O)NCc4ccc(F)cc4)n4nccc4n3)cc21. The van der Waals surface area contributed by atoms with Crippen LogP contribution in [0.4, 0.5) is 4.39 Å². The van der Waals surface area contributed by atoms with Gasteiger partial charge in [-0.1, -0.05) is 18.2 Å². The normalized spacial score (nSPS) is 11.1. The summed E-state index contributed by atoms with van der Waals surface area (Å²) in [5, 5.41) is 9.64. The van der Waals surface area contributed by atoms with Crippen LogP contribution in [0.2, 0.25) is 0 Å². The van der Waals surface area contributed by atoms with Crippen molar-refractivity contribution in [1.82, 2.24) is 29.8 Å². The number of hydrogen-bond donors (Lipinski definition) is 2. The second kappa shape index (κ2) is 8.86. The molecule has 0 saturated carbocycles. The number of oxazole rings is 1. The Bertz CT molecular complexity index is 1630. The fourth-order valence-corrected chi connectivity index (χ4v) is 3.62. The van der Waals surface area contributed by atoms with Gasteiger partial charge >= 0.3 is 5.76 Å². The molecule has 2 amide bonds. The van der Waals surface area contributed by atoms with E-state index in [0.29, 0.717) is 16.7 Å². The van der Waals surface area contributed by atoms with Crippen LogP contribution in [0.1, 0.15) is 32.1 Å². The molecule has 176 valence electrons. The monoisotopic (exact) mass is 474 g/mol. The number of aryl methyl sites for hydroxylation is 1. The molecule has 35 heavy (non-hydrogen) atoms. The first-order valence-electron chi connectivity index (χ1n) is 10.6. The summed E-state index contributed by atoms with van der Waals surface area (Å²) in [5.74, 6) is -1.78. The standard InChI is InChI=1S/C24H19FN6O4/c1-30-18-10-15(4-7-20(18)35-24(30)34)13-26-22(32)17-11-19(31-21(29-17)8-9-28-31)23(33)27-12-14-2-5-16(25)6-3-14/h2-11H,12-13H2,1H3,(H,26,32)(H,27,33). The van der Waals surface area contributed by atoms with Gasteiger partial charge < -0.3 is 15.1 Å². The number of aromatic nitrogens is 4. The number of amides is 2. The minimum absolute atomic E-state index is 0.0433. The van der Waals surface area contributed by atoms with Crippen LogP contribution < -0.4 is 16.4 Å². The Morgan fingerprint density at radius 3 is 2.49 bits per heavy atom. The van der Waals surface area contributed by atoms with Crippen LogP contribution in [0.5, 0.6) is 0 Å². The summed E-state index contributed by atoms with van der Waals surface area (Å²) in [6.07, 6.45) is 1.48. The summed E-state index contributed by atoms with van der Waals surface area (Å²) in [4.78, 5) is 41.7. The maximum atomic E-state index is 13.1. The van der Waals surface area contributed by atoms with Crippen molar-refractivity contribution >= 4 is 28.6 Å². The first-order chi connectivity index (χ1) is 16.9. The van der Waals surface area contributed by atoms with Gasteiger partial charge in [0, 0.05) is 32.3 Å². The van der Waals surface area contributed by atoms with Crippen molar-refractivity contribution < 1.29 is 18.4 Å². The minimum atomic E-state index is -0.484. The quantitative estimate of drug-likeness (QED) is 0.389. The maximum Gasteiger partial charge on any atom is 0.419 e. The molecule has 0 spiro atoms. The number of nitrogens with zero attached hydrogens (tertiary/aromatic N) is 4. The number of carbonyl (C=O) groups is 2. The Morgan fingerprint density at radius 2 is 1.69 bits per heavy atom. The molecule has 0 aliphatic heterocycles. The molecular weight excluding hydrogens is 455 g/mol. The molecule has 0 fully saturated rings. The van der Waals surface area contributed by atoms with Crippen molar-refractivity contribution in [2.45, 2.75) is 13.1 Å². The maximum absolute atomic E-state index is 13.1. The first-order valence-corrected chi connectivity index (χ1v) is 10.6. The van der Waals surface area contributed by atoms with Gasteiger partial charge in [0.1, 0.15) is 17.2 Å². The number of fused-ring (bicyclic) bond motifs is 2. The Hall–Kier alpha value is -4.80. The lowest BCUT2D eigenvalue weighted by Crippen LogP contribution is -2.28. The molecule has 0 atom stereocenters. The van der Waals surface area contributed by atoms with Gasteiger partial charge in [-0.15, -0.1) is 0 Å². The average Bonchev–Trinajstić information content (AvgIpc) is 3.45. The fourth-order valence-electron chi connectivity index (χ4n) is 3.62. The minimum Gasteiger partial charge on any atom is -0.408 e. The zero-order valence-corrected chi connectivity index (χ0v) is 18.5. The Morgan fingerprint density at radius 1 is 0.971 bits per heavy atom. The lowest BCUT2D eigenvalue weighted by atomic mass is 10.2. The molecule has 0 radical (unpaired) electrons. The number of nitrogens with one attached hydrogen (secondary N) is 2. The summed E-state index contributed by atoms with van der Waals surface area (Å²) in [5.41, 5.74) is 3.04. The topological polar surface area (TPSA) is 124 Å². The van der Waals surface area contributed by atoms with Crippen molar-refractivity contribution in [2.24, 2.45) is 7.05 Å². The largest absolute Gasteiger partial charge is 0.419 e. The van der Waals surface area contributed by atoms with E-state index in [0.717, 1.165) is 11.1 Å². The third kappa shape index (κ3) is 4.38. The van der Waals surface area contributed by atoms with E-state index < -0.39 is 17.6 Å². The highest BCUT2D eigenvalue weighted by Gasteiger charge is 2.18. The van der Waals surface area contributed by atoms with E-state index in [2.05, 4.69) is 20.7 Å². The molecule has 0 aliphatic rings. The number of halogens is 1. The van der Waals surface area contributed by atoms with E-state index in [-0.39, 0.29) is 30.3 Å². The third-order valence-electron chi connectivity index (χ3n) is 5.50. The summed E-state index contributed by atoms with van der Waals surface area (Å²) in [6, 6.07) is 13.9. The molecule has 11 heteroatoms. The van der Waals surface area contributed by atoms with Crippen molar-refractivity contribution in [1.29, 1.82) is 0 Å². The molecule has 0 saturated heterocycles. The van der Waals surface area contributed by atoms with E-state index in [9.17, 15) is 18.8 Å². The average molecular weight is 474 g/mol. The van der Waals surface area contributed by atoms with Gasteiger partial charge in [0.15, 0.2) is 11.2 Å². The number of hydrogen-bond acceptors (Lipinski definition) is 6. The van der Waals surface area contributed by atoms with E-state index in [1.165, 1.54) is 33.5 Å². The fraction of sp³-hybridized carbons (Fsp3) is 0.125. The first kappa shape index (κ1) is 22.0. The van der Waals surface area contributed by atoms with Crippen molar-refractivity contribution in [3.8, 4) is 0 Å². The zero-order chi connectivity index (χ0) is 24.5. The molecular formula is C24H19FN6O4. The van der Waals surface area contributed by atoms with Crippen LogP contribution >= 0.6 is 0 Å². The Balaban J connectivity index is 1.34. The highest BCUT2D eigenvalue weighted by molar-refractivity contribution is 5.98. The van der Waals surface area contributed by atoms with Gasteiger partial charge in [0.2, 0.25) is 0 Å². The smallest absolute Gasteiger partial charge is 0.408 e.